The summed E-state index contributed by atoms with van der Waals surface area (Å²) < 4.78 is 41.7. The Morgan fingerprint density at radius 3 is 2.30 bits per heavy atom. The van der Waals surface area contributed by atoms with Gasteiger partial charge in [0.2, 0.25) is 10.9 Å². The number of anilines is 2. The number of ether oxygens (including phenoxy) is 1. The molecule has 0 aliphatic heterocycles. The third-order valence-electron chi connectivity index (χ3n) is 2.50. The van der Waals surface area contributed by atoms with Gasteiger partial charge in [-0.2, -0.15) is 0 Å². The van der Waals surface area contributed by atoms with Gasteiger partial charge < -0.3 is 4.74 Å². The first-order valence-corrected chi connectivity index (χ1v) is 7.93. The number of hydrogen-bond acceptors (Lipinski definition) is 4. The monoisotopic (exact) mass is 378 g/mol. The molecule has 0 atom stereocenters. The molecule has 0 heterocycles. The molecule has 10 heteroatoms. The second kappa shape index (κ2) is 7.49. The average molecular weight is 379 g/mol. The molecule has 2 aromatic rings. The van der Waals surface area contributed by atoms with Crippen LogP contribution in [0.25, 0.3) is 0 Å². The highest BCUT2D eigenvalue weighted by atomic mass is 35.5. The van der Waals surface area contributed by atoms with E-state index in [0.717, 1.165) is 12.1 Å². The SMILES string of the molecule is O=C(Nc1ccc(Cl)cc1)Oc1c(F)cc(N[SH](=O)=O)cc1Cl. The summed E-state index contributed by atoms with van der Waals surface area (Å²) in [5.74, 6) is -1.52. The topological polar surface area (TPSA) is 84.5 Å². The molecule has 2 N–H and O–H groups in total. The minimum Gasteiger partial charge on any atom is -0.405 e. The van der Waals surface area contributed by atoms with Crippen LogP contribution in [0.15, 0.2) is 36.4 Å². The van der Waals surface area contributed by atoms with Crippen molar-refractivity contribution in [2.24, 2.45) is 0 Å². The minimum atomic E-state index is -2.97. The molecule has 0 spiro atoms. The Morgan fingerprint density at radius 1 is 1.09 bits per heavy atom. The summed E-state index contributed by atoms with van der Waals surface area (Å²) in [7, 11) is -2.97. The first-order chi connectivity index (χ1) is 10.8. The molecule has 1 amide bonds. The molecule has 0 radical (unpaired) electrons. The normalized spacial score (nSPS) is 10.4. The first-order valence-electron chi connectivity index (χ1n) is 5.99. The van der Waals surface area contributed by atoms with Crippen molar-refractivity contribution >= 4 is 51.6 Å². The number of thiol groups is 1. The number of hydrogen-bond donors (Lipinski definition) is 3. The van der Waals surface area contributed by atoms with Crippen LogP contribution in [0, 0.1) is 5.82 Å². The minimum absolute atomic E-state index is 0.0888. The zero-order chi connectivity index (χ0) is 17.0. The van der Waals surface area contributed by atoms with Crippen LogP contribution in [0.4, 0.5) is 20.6 Å². The fourth-order valence-corrected chi connectivity index (χ4v) is 2.31. The van der Waals surface area contributed by atoms with Gasteiger partial charge in [-0.1, -0.05) is 23.2 Å². The first kappa shape index (κ1) is 17.3. The maximum absolute atomic E-state index is 13.9. The van der Waals surface area contributed by atoms with Crippen LogP contribution in [0.1, 0.15) is 0 Å². The van der Waals surface area contributed by atoms with Crippen LogP contribution in [-0.4, -0.2) is 14.5 Å². The highest BCUT2D eigenvalue weighted by Gasteiger charge is 2.15. The molecule has 0 unspecified atom stereocenters. The van der Waals surface area contributed by atoms with Crippen molar-refractivity contribution in [2.45, 2.75) is 0 Å². The third kappa shape index (κ3) is 4.98. The Hall–Kier alpha value is -2.03. The third-order valence-corrected chi connectivity index (χ3v) is 3.48. The molecule has 0 aliphatic carbocycles. The van der Waals surface area contributed by atoms with E-state index in [0.29, 0.717) is 10.7 Å². The van der Waals surface area contributed by atoms with Gasteiger partial charge in [0.15, 0.2) is 11.6 Å². The summed E-state index contributed by atoms with van der Waals surface area (Å²) in [4.78, 5) is 11.7. The van der Waals surface area contributed by atoms with Gasteiger partial charge in [0.1, 0.15) is 0 Å². The van der Waals surface area contributed by atoms with Crippen LogP contribution in [-0.2, 0) is 10.9 Å². The summed E-state index contributed by atoms with van der Waals surface area (Å²) in [6.07, 6.45) is -0.969. The van der Waals surface area contributed by atoms with E-state index in [1.165, 1.54) is 12.1 Å². The quantitative estimate of drug-likeness (QED) is 0.708. The summed E-state index contributed by atoms with van der Waals surface area (Å²) in [6.45, 7) is 0. The van der Waals surface area contributed by atoms with Crippen LogP contribution in [0.2, 0.25) is 10.0 Å². The smallest absolute Gasteiger partial charge is 0.405 e. The Labute approximate surface area is 142 Å². The maximum Gasteiger partial charge on any atom is 0.417 e. The van der Waals surface area contributed by atoms with Gasteiger partial charge >= 0.3 is 6.09 Å². The lowest BCUT2D eigenvalue weighted by Gasteiger charge is -2.10. The van der Waals surface area contributed by atoms with Crippen molar-refractivity contribution in [2.75, 3.05) is 10.0 Å². The Bertz CT molecular complexity index is 781. The molecule has 23 heavy (non-hydrogen) atoms. The predicted octanol–water partition coefficient (Wildman–Crippen LogP) is 3.68. The average Bonchev–Trinajstić information content (AvgIpc) is 2.45. The van der Waals surface area contributed by atoms with Crippen LogP contribution in [0.5, 0.6) is 5.75 Å². The zero-order valence-electron chi connectivity index (χ0n) is 11.2. The molecule has 0 saturated carbocycles. The van der Waals surface area contributed by atoms with Gasteiger partial charge in [-0.3, -0.25) is 10.0 Å². The van der Waals surface area contributed by atoms with Gasteiger partial charge in [-0.15, -0.1) is 0 Å². The predicted molar refractivity (Wildman–Crippen MR) is 86.4 cm³/mol. The second-order valence-electron chi connectivity index (χ2n) is 4.16. The molecular formula is C13H9Cl2FN2O4S. The number of benzene rings is 2. The van der Waals surface area contributed by atoms with E-state index in [1.54, 1.807) is 12.1 Å². The fourth-order valence-electron chi connectivity index (χ4n) is 1.60. The van der Waals surface area contributed by atoms with Gasteiger partial charge in [-0.25, -0.2) is 17.6 Å². The molecule has 2 aromatic carbocycles. The molecule has 0 saturated heterocycles. The summed E-state index contributed by atoms with van der Waals surface area (Å²) in [6, 6.07) is 8.10. The summed E-state index contributed by atoms with van der Waals surface area (Å²) >= 11 is 11.5. The van der Waals surface area contributed by atoms with Crippen LogP contribution in [0.3, 0.4) is 0 Å². The standard InChI is InChI=1S/C13H9Cl2FN2O4S/c14-7-1-3-8(4-2-7)17-13(19)22-12-10(15)5-9(6-11(12)16)18-23(20)21/h1-6,23H,(H,17,19)(H,18,20,21). The van der Waals surface area contributed by atoms with Gasteiger partial charge in [0.05, 0.1) is 10.7 Å². The van der Waals surface area contributed by atoms with Crippen molar-refractivity contribution in [3.63, 3.8) is 0 Å². The lowest BCUT2D eigenvalue weighted by atomic mass is 10.3. The molecule has 6 nitrogen and oxygen atoms in total. The number of nitrogens with one attached hydrogen (secondary N) is 2. The molecule has 122 valence electrons. The van der Waals surface area contributed by atoms with E-state index in [-0.39, 0.29) is 10.7 Å². The largest absolute Gasteiger partial charge is 0.417 e. The zero-order valence-corrected chi connectivity index (χ0v) is 13.6. The summed E-state index contributed by atoms with van der Waals surface area (Å²) in [5.41, 5.74) is 0.298. The molecule has 0 aliphatic rings. The van der Waals surface area contributed by atoms with Crippen molar-refractivity contribution < 1.29 is 22.3 Å². The fraction of sp³-hybridized carbons (Fsp3) is 0. The van der Waals surface area contributed by atoms with E-state index in [9.17, 15) is 17.6 Å². The Balaban J connectivity index is 2.12. The molecule has 0 aromatic heterocycles. The van der Waals surface area contributed by atoms with Crippen LogP contribution >= 0.6 is 23.2 Å². The van der Waals surface area contributed by atoms with E-state index in [1.807, 2.05) is 4.72 Å². The van der Waals surface area contributed by atoms with Crippen molar-refractivity contribution in [3.8, 4) is 5.75 Å². The molecular weight excluding hydrogens is 370 g/mol. The number of carbonyl (C=O) groups excluding carboxylic acids is 1. The Kier molecular flexibility index (Phi) is 5.64. The maximum atomic E-state index is 13.9. The number of rotatable bonds is 4. The molecule has 0 bridgehead atoms. The van der Waals surface area contributed by atoms with Crippen molar-refractivity contribution in [1.82, 2.24) is 0 Å². The number of halogens is 3. The van der Waals surface area contributed by atoms with Crippen LogP contribution < -0.4 is 14.8 Å². The number of amides is 1. The van der Waals surface area contributed by atoms with E-state index >= 15 is 0 Å². The van der Waals surface area contributed by atoms with E-state index in [4.69, 9.17) is 27.9 Å². The Morgan fingerprint density at radius 2 is 1.74 bits per heavy atom. The highest BCUT2D eigenvalue weighted by Crippen LogP contribution is 2.31. The second-order valence-corrected chi connectivity index (χ2v) is 5.74. The van der Waals surface area contributed by atoms with Gasteiger partial charge in [0.25, 0.3) is 0 Å². The molecule has 2 rings (SSSR count). The van der Waals surface area contributed by atoms with E-state index < -0.39 is 28.6 Å². The van der Waals surface area contributed by atoms with E-state index in [2.05, 4.69) is 5.32 Å². The highest BCUT2D eigenvalue weighted by molar-refractivity contribution is 7.73. The summed E-state index contributed by atoms with van der Waals surface area (Å²) in [5, 5.41) is 2.58. The van der Waals surface area contributed by atoms with Gasteiger partial charge in [0, 0.05) is 16.8 Å². The lowest BCUT2D eigenvalue weighted by molar-refractivity contribution is 0.213. The van der Waals surface area contributed by atoms with Gasteiger partial charge in [-0.05, 0) is 30.3 Å². The van der Waals surface area contributed by atoms with Crippen molar-refractivity contribution in [3.05, 3.63) is 52.3 Å². The molecule has 0 fully saturated rings. The number of carbonyl (C=O) groups is 1. The lowest BCUT2D eigenvalue weighted by Crippen LogP contribution is -2.17. The van der Waals surface area contributed by atoms with Crippen molar-refractivity contribution in [1.29, 1.82) is 0 Å².